The van der Waals surface area contributed by atoms with Gasteiger partial charge in [0, 0.05) is 29.7 Å². The summed E-state index contributed by atoms with van der Waals surface area (Å²) in [5.41, 5.74) is 0.630. The van der Waals surface area contributed by atoms with E-state index in [2.05, 4.69) is 15.9 Å². The molecule has 1 atom stereocenters. The Morgan fingerprint density at radius 2 is 2.37 bits per heavy atom. The van der Waals surface area contributed by atoms with Crippen LogP contribution in [0, 0.1) is 0 Å². The van der Waals surface area contributed by atoms with Gasteiger partial charge in [-0.2, -0.15) is 0 Å². The largest absolute Gasteiger partial charge is 0.377 e. The Bertz CT molecular complexity index is 465. The molecule has 1 unspecified atom stereocenters. The summed E-state index contributed by atoms with van der Waals surface area (Å²) in [6.07, 6.45) is 2.17. The molecule has 1 saturated heterocycles. The highest BCUT2D eigenvalue weighted by molar-refractivity contribution is 9.10. The zero-order valence-electron chi connectivity index (χ0n) is 10.9. The lowest BCUT2D eigenvalue weighted by Gasteiger charge is -2.32. The monoisotopic (exact) mass is 345 g/mol. The Labute approximate surface area is 127 Å². The Hall–Kier alpha value is -0.580. The van der Waals surface area contributed by atoms with Crippen molar-refractivity contribution < 1.29 is 9.53 Å². The summed E-state index contributed by atoms with van der Waals surface area (Å²) >= 11 is 9.36. The molecule has 0 spiro atoms. The Morgan fingerprint density at radius 1 is 1.58 bits per heavy atom. The van der Waals surface area contributed by atoms with E-state index in [9.17, 15) is 4.79 Å². The lowest BCUT2D eigenvalue weighted by atomic mass is 10.1. The van der Waals surface area contributed by atoms with Gasteiger partial charge in [0.05, 0.1) is 11.1 Å². The van der Waals surface area contributed by atoms with Crippen molar-refractivity contribution in [2.75, 3.05) is 19.7 Å². The maximum atomic E-state index is 12.4. The van der Waals surface area contributed by atoms with Crippen LogP contribution < -0.4 is 0 Å². The van der Waals surface area contributed by atoms with Crippen molar-refractivity contribution >= 4 is 33.4 Å². The number of halogens is 2. The minimum Gasteiger partial charge on any atom is -0.377 e. The third-order valence-corrected chi connectivity index (χ3v) is 4.47. The van der Waals surface area contributed by atoms with Crippen molar-refractivity contribution in [3.8, 4) is 0 Å². The molecule has 0 saturated carbocycles. The number of hydrogen-bond donors (Lipinski definition) is 0. The van der Waals surface area contributed by atoms with Gasteiger partial charge in [0.15, 0.2) is 0 Å². The van der Waals surface area contributed by atoms with Gasteiger partial charge in [-0.3, -0.25) is 4.79 Å². The number of likely N-dealkylation sites (tertiary alicyclic amines) is 1. The molecule has 104 valence electrons. The Morgan fingerprint density at radius 3 is 3.05 bits per heavy atom. The summed E-state index contributed by atoms with van der Waals surface area (Å²) in [6, 6.07) is 5.31. The molecule has 0 aliphatic carbocycles. The maximum Gasteiger partial charge on any atom is 0.253 e. The van der Waals surface area contributed by atoms with E-state index in [1.54, 1.807) is 18.2 Å². The van der Waals surface area contributed by atoms with Crippen molar-refractivity contribution in [3.05, 3.63) is 33.3 Å². The normalized spacial score (nSPS) is 19.5. The Kier molecular flexibility index (Phi) is 5.25. The molecule has 2 rings (SSSR count). The molecule has 3 nitrogen and oxygen atoms in total. The molecule has 1 amide bonds. The van der Waals surface area contributed by atoms with Crippen LogP contribution in [0.25, 0.3) is 0 Å². The van der Waals surface area contributed by atoms with Crippen LogP contribution in [0.1, 0.15) is 30.1 Å². The number of benzene rings is 1. The van der Waals surface area contributed by atoms with Crippen molar-refractivity contribution in [2.24, 2.45) is 0 Å². The molecule has 1 aliphatic heterocycles. The highest BCUT2D eigenvalue weighted by atomic mass is 79.9. The van der Waals surface area contributed by atoms with Crippen molar-refractivity contribution in [2.45, 2.75) is 25.9 Å². The fourth-order valence-corrected chi connectivity index (χ4v) is 2.73. The van der Waals surface area contributed by atoms with Crippen LogP contribution >= 0.6 is 27.5 Å². The van der Waals surface area contributed by atoms with Crippen LogP contribution in [-0.4, -0.2) is 36.6 Å². The first-order valence-electron chi connectivity index (χ1n) is 6.47. The topological polar surface area (TPSA) is 29.5 Å². The number of carbonyl (C=O) groups excluding carboxylic acids is 1. The average Bonchev–Trinajstić information content (AvgIpc) is 2.42. The highest BCUT2D eigenvalue weighted by Gasteiger charge is 2.24. The first kappa shape index (κ1) is 14.8. The van der Waals surface area contributed by atoms with E-state index < -0.39 is 0 Å². The second-order valence-corrected chi connectivity index (χ2v) is 5.86. The van der Waals surface area contributed by atoms with E-state index >= 15 is 0 Å². The maximum absolute atomic E-state index is 12.4. The number of rotatable bonds is 3. The van der Waals surface area contributed by atoms with Gasteiger partial charge in [-0.05, 0) is 53.9 Å². The van der Waals surface area contributed by atoms with Gasteiger partial charge in [0.25, 0.3) is 5.91 Å². The molecule has 0 N–H and O–H groups in total. The fraction of sp³-hybridized carbons (Fsp3) is 0.500. The first-order chi connectivity index (χ1) is 9.11. The minimum absolute atomic E-state index is 0.0267. The first-order valence-corrected chi connectivity index (χ1v) is 7.65. The van der Waals surface area contributed by atoms with E-state index in [0.717, 1.165) is 23.9 Å². The van der Waals surface area contributed by atoms with E-state index in [-0.39, 0.29) is 12.0 Å². The molecule has 1 fully saturated rings. The van der Waals surface area contributed by atoms with Crippen LogP contribution in [-0.2, 0) is 4.74 Å². The fourth-order valence-electron chi connectivity index (χ4n) is 2.31. The summed E-state index contributed by atoms with van der Waals surface area (Å²) in [5.74, 6) is 0.0267. The predicted octanol–water partition coefficient (Wildman–Crippen LogP) is 3.74. The highest BCUT2D eigenvalue weighted by Crippen LogP contribution is 2.24. The zero-order chi connectivity index (χ0) is 13.8. The third kappa shape index (κ3) is 3.71. The molecule has 5 heteroatoms. The van der Waals surface area contributed by atoms with Crippen LogP contribution in [0.15, 0.2) is 22.7 Å². The SMILES string of the molecule is CCOC1CCCN(C(=O)c2ccc(Br)c(Cl)c2)C1. The quantitative estimate of drug-likeness (QED) is 0.834. The predicted molar refractivity (Wildman–Crippen MR) is 79.7 cm³/mol. The molecule has 19 heavy (non-hydrogen) atoms. The van der Waals surface area contributed by atoms with Crippen molar-refractivity contribution in [1.82, 2.24) is 4.90 Å². The second-order valence-electron chi connectivity index (χ2n) is 4.60. The van der Waals surface area contributed by atoms with E-state index in [1.165, 1.54) is 0 Å². The average molecular weight is 347 g/mol. The van der Waals surface area contributed by atoms with Crippen LogP contribution in [0.4, 0.5) is 0 Å². The molecule has 1 aromatic rings. The van der Waals surface area contributed by atoms with Gasteiger partial charge in [0.2, 0.25) is 0 Å². The molecule has 1 aromatic carbocycles. The molecular weight excluding hydrogens is 330 g/mol. The second kappa shape index (κ2) is 6.73. The van der Waals surface area contributed by atoms with E-state index in [0.29, 0.717) is 23.7 Å². The standard InChI is InChI=1S/C14H17BrClNO2/c1-2-19-11-4-3-7-17(9-11)14(18)10-5-6-12(15)13(16)8-10/h5-6,8,11H,2-4,7,9H2,1H3. The molecule has 0 aromatic heterocycles. The minimum atomic E-state index is 0.0267. The lowest BCUT2D eigenvalue weighted by molar-refractivity contribution is 0.00724. The van der Waals surface area contributed by atoms with Crippen LogP contribution in [0.2, 0.25) is 5.02 Å². The number of amides is 1. The smallest absolute Gasteiger partial charge is 0.253 e. The zero-order valence-corrected chi connectivity index (χ0v) is 13.2. The van der Waals surface area contributed by atoms with Gasteiger partial charge < -0.3 is 9.64 Å². The van der Waals surface area contributed by atoms with Gasteiger partial charge in [-0.25, -0.2) is 0 Å². The van der Waals surface area contributed by atoms with E-state index in [4.69, 9.17) is 16.3 Å². The van der Waals surface area contributed by atoms with Crippen LogP contribution in [0.5, 0.6) is 0 Å². The molecule has 1 aliphatic rings. The summed E-state index contributed by atoms with van der Waals surface area (Å²) in [7, 11) is 0. The third-order valence-electron chi connectivity index (χ3n) is 3.23. The van der Waals surface area contributed by atoms with Crippen molar-refractivity contribution in [1.29, 1.82) is 0 Å². The molecular formula is C14H17BrClNO2. The number of ether oxygens (including phenoxy) is 1. The van der Waals surface area contributed by atoms with Gasteiger partial charge in [0.1, 0.15) is 0 Å². The molecule has 0 bridgehead atoms. The summed E-state index contributed by atoms with van der Waals surface area (Å²) in [4.78, 5) is 14.3. The lowest BCUT2D eigenvalue weighted by Crippen LogP contribution is -2.43. The van der Waals surface area contributed by atoms with Crippen molar-refractivity contribution in [3.63, 3.8) is 0 Å². The number of piperidine rings is 1. The summed E-state index contributed by atoms with van der Waals surface area (Å²) in [5, 5.41) is 0.559. The van der Waals surface area contributed by atoms with Gasteiger partial charge in [-0.15, -0.1) is 0 Å². The van der Waals surface area contributed by atoms with Crippen LogP contribution in [0.3, 0.4) is 0 Å². The van der Waals surface area contributed by atoms with Gasteiger partial charge >= 0.3 is 0 Å². The summed E-state index contributed by atoms with van der Waals surface area (Å²) < 4.78 is 6.42. The molecule has 0 radical (unpaired) electrons. The number of carbonyl (C=O) groups is 1. The molecule has 1 heterocycles. The summed E-state index contributed by atoms with van der Waals surface area (Å²) in [6.45, 7) is 4.13. The number of hydrogen-bond acceptors (Lipinski definition) is 2. The van der Waals surface area contributed by atoms with E-state index in [1.807, 2.05) is 11.8 Å². The Balaban J connectivity index is 2.08. The van der Waals surface area contributed by atoms with Gasteiger partial charge in [-0.1, -0.05) is 11.6 Å². The number of nitrogens with zero attached hydrogens (tertiary/aromatic N) is 1.